The number of benzene rings is 2. The van der Waals surface area contributed by atoms with Gasteiger partial charge in [0.2, 0.25) is 5.91 Å². The quantitative estimate of drug-likeness (QED) is 0.652. The summed E-state index contributed by atoms with van der Waals surface area (Å²) in [4.78, 5) is 37.3. The first-order chi connectivity index (χ1) is 13.3. The van der Waals surface area contributed by atoms with E-state index < -0.39 is 30.2 Å². The van der Waals surface area contributed by atoms with Crippen molar-refractivity contribution in [3.8, 4) is 5.75 Å². The standard InChI is InChI=1S/C19H18BrFN2O5/c1-23(10-17(24)22-13-4-3-5-14(9-13)27-2)18(25)11-28-19(26)15-7-6-12(21)8-16(15)20/h3-9H,10-11H2,1-2H3,(H,22,24). The summed E-state index contributed by atoms with van der Waals surface area (Å²) in [5.41, 5.74) is 0.616. The summed E-state index contributed by atoms with van der Waals surface area (Å²) in [6.45, 7) is -0.778. The van der Waals surface area contributed by atoms with Gasteiger partial charge in [0, 0.05) is 23.3 Å². The fourth-order valence-corrected chi connectivity index (χ4v) is 2.69. The van der Waals surface area contributed by atoms with Gasteiger partial charge in [-0.2, -0.15) is 0 Å². The molecule has 0 saturated heterocycles. The topological polar surface area (TPSA) is 84.9 Å². The number of ether oxygens (including phenoxy) is 2. The molecule has 0 aliphatic heterocycles. The van der Waals surface area contributed by atoms with Crippen molar-refractivity contribution in [2.45, 2.75) is 0 Å². The molecule has 7 nitrogen and oxygen atoms in total. The number of rotatable bonds is 7. The number of esters is 1. The highest BCUT2D eigenvalue weighted by Gasteiger charge is 2.18. The zero-order valence-electron chi connectivity index (χ0n) is 15.2. The third-order valence-electron chi connectivity index (χ3n) is 3.64. The molecule has 0 unspecified atom stereocenters. The van der Waals surface area contributed by atoms with E-state index in [0.717, 1.165) is 17.0 Å². The van der Waals surface area contributed by atoms with Crippen LogP contribution in [-0.4, -0.2) is 50.0 Å². The Hall–Kier alpha value is -2.94. The number of hydrogen-bond donors (Lipinski definition) is 1. The number of nitrogens with one attached hydrogen (secondary N) is 1. The normalized spacial score (nSPS) is 10.1. The first kappa shape index (κ1) is 21.4. The molecule has 0 heterocycles. The molecule has 0 bridgehead atoms. The number of anilines is 1. The monoisotopic (exact) mass is 452 g/mol. The van der Waals surface area contributed by atoms with Crippen molar-refractivity contribution in [1.82, 2.24) is 4.90 Å². The number of methoxy groups -OCH3 is 1. The number of carbonyl (C=O) groups excluding carboxylic acids is 3. The van der Waals surface area contributed by atoms with Gasteiger partial charge in [-0.05, 0) is 46.3 Å². The van der Waals surface area contributed by atoms with Crippen molar-refractivity contribution < 1.29 is 28.2 Å². The summed E-state index contributed by atoms with van der Waals surface area (Å²) < 4.78 is 23.3. The Kier molecular flexibility index (Phi) is 7.51. The van der Waals surface area contributed by atoms with Gasteiger partial charge in [0.15, 0.2) is 6.61 Å². The minimum atomic E-state index is -0.783. The van der Waals surface area contributed by atoms with E-state index in [1.807, 2.05) is 0 Å². The van der Waals surface area contributed by atoms with Crippen LogP contribution >= 0.6 is 15.9 Å². The predicted molar refractivity (Wildman–Crippen MR) is 104 cm³/mol. The average Bonchev–Trinajstić information content (AvgIpc) is 2.65. The lowest BCUT2D eigenvalue weighted by molar-refractivity contribution is -0.136. The van der Waals surface area contributed by atoms with Gasteiger partial charge in [0.1, 0.15) is 11.6 Å². The molecule has 1 N–H and O–H groups in total. The van der Waals surface area contributed by atoms with Crippen molar-refractivity contribution in [2.75, 3.05) is 32.6 Å². The van der Waals surface area contributed by atoms with Crippen LogP contribution < -0.4 is 10.1 Å². The second-order valence-corrected chi connectivity index (χ2v) is 6.58. The van der Waals surface area contributed by atoms with E-state index in [1.54, 1.807) is 24.3 Å². The number of amides is 2. The molecular weight excluding hydrogens is 435 g/mol. The molecule has 0 saturated carbocycles. The summed E-state index contributed by atoms with van der Waals surface area (Å²) in [7, 11) is 2.92. The lowest BCUT2D eigenvalue weighted by Gasteiger charge is -2.17. The maximum absolute atomic E-state index is 13.1. The van der Waals surface area contributed by atoms with Gasteiger partial charge in [-0.25, -0.2) is 9.18 Å². The fraction of sp³-hybridized carbons (Fsp3) is 0.211. The summed E-state index contributed by atoms with van der Waals surface area (Å²) in [6.07, 6.45) is 0. The first-order valence-electron chi connectivity index (χ1n) is 8.10. The molecule has 148 valence electrons. The van der Waals surface area contributed by atoms with Crippen LogP contribution in [0, 0.1) is 5.82 Å². The number of likely N-dealkylation sites (N-methyl/N-ethyl adjacent to an activating group) is 1. The summed E-state index contributed by atoms with van der Waals surface area (Å²) in [5, 5.41) is 2.64. The molecular formula is C19H18BrFN2O5. The highest BCUT2D eigenvalue weighted by Crippen LogP contribution is 2.19. The largest absolute Gasteiger partial charge is 0.497 e. The maximum atomic E-state index is 13.1. The lowest BCUT2D eigenvalue weighted by Crippen LogP contribution is -2.37. The molecule has 2 aromatic rings. The van der Waals surface area contributed by atoms with Crippen molar-refractivity contribution in [1.29, 1.82) is 0 Å². The molecule has 2 rings (SSSR count). The number of hydrogen-bond acceptors (Lipinski definition) is 5. The zero-order chi connectivity index (χ0) is 20.7. The van der Waals surface area contributed by atoms with Crippen LogP contribution in [0.15, 0.2) is 46.9 Å². The molecule has 28 heavy (non-hydrogen) atoms. The molecule has 0 spiro atoms. The van der Waals surface area contributed by atoms with E-state index >= 15 is 0 Å². The molecule has 0 aliphatic carbocycles. The molecule has 0 atom stereocenters. The second kappa shape index (κ2) is 9.84. The van der Waals surface area contributed by atoms with Crippen molar-refractivity contribution in [3.05, 3.63) is 58.3 Å². The third kappa shape index (κ3) is 6.05. The molecule has 0 aromatic heterocycles. The van der Waals surface area contributed by atoms with Crippen LogP contribution in [-0.2, 0) is 14.3 Å². The van der Waals surface area contributed by atoms with Crippen LogP contribution in [0.2, 0.25) is 0 Å². The minimum absolute atomic E-state index is 0.0904. The number of carbonyl (C=O) groups is 3. The number of halogens is 2. The third-order valence-corrected chi connectivity index (χ3v) is 4.29. The predicted octanol–water partition coefficient (Wildman–Crippen LogP) is 2.85. The van der Waals surface area contributed by atoms with Gasteiger partial charge >= 0.3 is 5.97 Å². The molecule has 0 fully saturated rings. The molecule has 0 radical (unpaired) electrons. The summed E-state index contributed by atoms with van der Waals surface area (Å²) in [5.74, 6) is -1.69. The zero-order valence-corrected chi connectivity index (χ0v) is 16.8. The van der Waals surface area contributed by atoms with E-state index in [0.29, 0.717) is 11.4 Å². The van der Waals surface area contributed by atoms with Crippen LogP contribution in [0.1, 0.15) is 10.4 Å². The summed E-state index contributed by atoms with van der Waals surface area (Å²) >= 11 is 3.06. The smallest absolute Gasteiger partial charge is 0.339 e. The number of nitrogens with zero attached hydrogens (tertiary/aromatic N) is 1. The van der Waals surface area contributed by atoms with E-state index in [-0.39, 0.29) is 16.6 Å². The van der Waals surface area contributed by atoms with E-state index in [2.05, 4.69) is 21.2 Å². The average molecular weight is 453 g/mol. The van der Waals surface area contributed by atoms with Crippen LogP contribution in [0.4, 0.5) is 10.1 Å². The minimum Gasteiger partial charge on any atom is -0.497 e. The molecule has 2 amide bonds. The van der Waals surface area contributed by atoms with Crippen molar-refractivity contribution in [2.24, 2.45) is 0 Å². The highest BCUT2D eigenvalue weighted by atomic mass is 79.9. The van der Waals surface area contributed by atoms with Crippen LogP contribution in [0.5, 0.6) is 5.75 Å². The van der Waals surface area contributed by atoms with Crippen LogP contribution in [0.25, 0.3) is 0 Å². The Balaban J connectivity index is 1.84. The maximum Gasteiger partial charge on any atom is 0.339 e. The molecule has 9 heteroatoms. The van der Waals surface area contributed by atoms with Gasteiger partial charge in [-0.3, -0.25) is 9.59 Å². The van der Waals surface area contributed by atoms with Gasteiger partial charge in [0.25, 0.3) is 5.91 Å². The van der Waals surface area contributed by atoms with Gasteiger partial charge in [-0.1, -0.05) is 6.07 Å². The Labute approximate surface area is 169 Å². The van der Waals surface area contributed by atoms with Gasteiger partial charge < -0.3 is 19.7 Å². The second-order valence-electron chi connectivity index (χ2n) is 5.73. The Bertz CT molecular complexity index is 890. The summed E-state index contributed by atoms with van der Waals surface area (Å²) in [6, 6.07) is 10.3. The van der Waals surface area contributed by atoms with E-state index in [4.69, 9.17) is 9.47 Å². The van der Waals surface area contributed by atoms with Crippen molar-refractivity contribution in [3.63, 3.8) is 0 Å². The van der Waals surface area contributed by atoms with Crippen LogP contribution in [0.3, 0.4) is 0 Å². The Morgan fingerprint density at radius 2 is 1.93 bits per heavy atom. The van der Waals surface area contributed by atoms with Gasteiger partial charge in [0.05, 0.1) is 19.2 Å². The first-order valence-corrected chi connectivity index (χ1v) is 8.89. The van der Waals surface area contributed by atoms with Crippen molar-refractivity contribution >= 4 is 39.4 Å². The SMILES string of the molecule is COc1cccc(NC(=O)CN(C)C(=O)COC(=O)c2ccc(F)cc2Br)c1. The van der Waals surface area contributed by atoms with E-state index in [9.17, 15) is 18.8 Å². The van der Waals surface area contributed by atoms with E-state index in [1.165, 1.54) is 20.2 Å². The Morgan fingerprint density at radius 3 is 2.61 bits per heavy atom. The fourth-order valence-electron chi connectivity index (χ4n) is 2.18. The Morgan fingerprint density at radius 1 is 1.18 bits per heavy atom. The molecule has 0 aliphatic rings. The lowest BCUT2D eigenvalue weighted by atomic mass is 10.2. The highest BCUT2D eigenvalue weighted by molar-refractivity contribution is 9.10. The van der Waals surface area contributed by atoms with Gasteiger partial charge in [-0.15, -0.1) is 0 Å². The molecule has 2 aromatic carbocycles.